The van der Waals surface area contributed by atoms with Gasteiger partial charge in [-0.25, -0.2) is 18.0 Å². The number of likely N-dealkylation sites (tertiary alicyclic amines) is 1. The largest absolute Gasteiger partial charge is 0.340 e. The first kappa shape index (κ1) is 28.4. The van der Waals surface area contributed by atoms with Crippen LogP contribution in [0.2, 0.25) is 5.02 Å². The zero-order valence-electron chi connectivity index (χ0n) is 22.5. The van der Waals surface area contributed by atoms with Gasteiger partial charge in [-0.1, -0.05) is 11.6 Å². The summed E-state index contributed by atoms with van der Waals surface area (Å²) in [7, 11) is 5.55. The van der Waals surface area contributed by atoms with Gasteiger partial charge in [0.1, 0.15) is 18.2 Å². The van der Waals surface area contributed by atoms with E-state index in [0.29, 0.717) is 41.8 Å². The van der Waals surface area contributed by atoms with Crippen LogP contribution in [-0.2, 0) is 24.9 Å². The number of rotatable bonds is 7. The number of aromatic nitrogens is 4. The topological polar surface area (TPSA) is 97.4 Å². The number of aryl methyl sites for hydroxylation is 1. The predicted molar refractivity (Wildman–Crippen MR) is 148 cm³/mol. The van der Waals surface area contributed by atoms with Crippen molar-refractivity contribution >= 4 is 39.9 Å². The molecular weight excluding hydrogens is 563 g/mol. The molecule has 1 aliphatic rings. The second kappa shape index (κ2) is 11.1. The number of fused-ring (bicyclic) bond motifs is 1. The Labute approximate surface area is 237 Å². The molecule has 1 N–H and O–H groups in total. The number of carbonyl (C=O) groups excluding carboxylic acids is 1. The van der Waals surface area contributed by atoms with E-state index in [1.54, 1.807) is 35.0 Å². The van der Waals surface area contributed by atoms with Crippen LogP contribution < -0.4 is 16.6 Å². The van der Waals surface area contributed by atoms with Gasteiger partial charge in [-0.15, -0.1) is 0 Å². The Hall–Kier alpha value is -4.10. The number of nitrogens with one attached hydrogen (secondary N) is 1. The summed E-state index contributed by atoms with van der Waals surface area (Å²) in [6.45, 7) is -0.192. The zero-order valence-corrected chi connectivity index (χ0v) is 23.3. The Morgan fingerprint density at radius 1 is 1.07 bits per heavy atom. The van der Waals surface area contributed by atoms with Crippen LogP contribution in [0.4, 0.5) is 24.7 Å². The third kappa shape index (κ3) is 5.72. The van der Waals surface area contributed by atoms with E-state index in [0.717, 1.165) is 21.6 Å². The molecule has 10 nitrogen and oxygen atoms in total. The number of benzene rings is 2. The van der Waals surface area contributed by atoms with E-state index in [1.165, 1.54) is 0 Å². The fraction of sp³-hybridized carbons (Fsp3) is 0.333. The van der Waals surface area contributed by atoms with Gasteiger partial charge in [-0.3, -0.25) is 23.4 Å². The van der Waals surface area contributed by atoms with Crippen molar-refractivity contribution in [1.29, 1.82) is 0 Å². The third-order valence-electron chi connectivity index (χ3n) is 7.21. The minimum atomic E-state index is -1.38. The average molecular weight is 590 g/mol. The Morgan fingerprint density at radius 3 is 2.51 bits per heavy atom. The summed E-state index contributed by atoms with van der Waals surface area (Å²) in [6, 6.07) is 5.49. The summed E-state index contributed by atoms with van der Waals surface area (Å²) in [4.78, 5) is 43.4. The molecule has 5 rings (SSSR count). The van der Waals surface area contributed by atoms with E-state index in [-0.39, 0.29) is 22.4 Å². The maximum absolute atomic E-state index is 14.6. The molecule has 3 heterocycles. The van der Waals surface area contributed by atoms with E-state index >= 15 is 0 Å². The van der Waals surface area contributed by atoms with Crippen molar-refractivity contribution in [2.45, 2.75) is 25.6 Å². The highest BCUT2D eigenvalue weighted by atomic mass is 35.5. The van der Waals surface area contributed by atoms with Gasteiger partial charge in [-0.2, -0.15) is 5.10 Å². The maximum atomic E-state index is 14.6. The van der Waals surface area contributed by atoms with Crippen molar-refractivity contribution in [3.8, 4) is 0 Å². The molecule has 1 aliphatic heterocycles. The molecule has 0 bridgehead atoms. The highest BCUT2D eigenvalue weighted by Gasteiger charge is 2.28. The first-order valence-electron chi connectivity index (χ1n) is 12.7. The lowest BCUT2D eigenvalue weighted by molar-refractivity contribution is -0.131. The maximum Gasteiger partial charge on any atom is 0.333 e. The van der Waals surface area contributed by atoms with Gasteiger partial charge >= 0.3 is 5.69 Å². The number of halogens is 4. The molecule has 0 spiro atoms. The summed E-state index contributed by atoms with van der Waals surface area (Å²) in [5.74, 6) is -4.29. The van der Waals surface area contributed by atoms with Crippen LogP contribution in [-0.4, -0.2) is 67.8 Å². The summed E-state index contributed by atoms with van der Waals surface area (Å²) in [5, 5.41) is 8.15. The normalized spacial score (nSPS) is 15.3. The van der Waals surface area contributed by atoms with Crippen LogP contribution in [0.5, 0.6) is 0 Å². The molecule has 41 heavy (non-hydrogen) atoms. The number of likely N-dealkylation sites (N-methyl/N-ethyl adjacent to an activating group) is 1. The number of hydrogen-bond acceptors (Lipinski definition) is 6. The van der Waals surface area contributed by atoms with Gasteiger partial charge in [0.25, 0.3) is 5.56 Å². The van der Waals surface area contributed by atoms with Crippen LogP contribution in [0, 0.1) is 17.5 Å². The van der Waals surface area contributed by atoms with Gasteiger partial charge in [-0.05, 0) is 38.7 Å². The van der Waals surface area contributed by atoms with E-state index in [9.17, 15) is 27.6 Å². The van der Waals surface area contributed by atoms with Crippen LogP contribution in [0.3, 0.4) is 0 Å². The Balaban J connectivity index is 1.56. The van der Waals surface area contributed by atoms with Crippen LogP contribution in [0.15, 0.2) is 46.1 Å². The van der Waals surface area contributed by atoms with Crippen LogP contribution in [0.1, 0.15) is 12.0 Å². The summed E-state index contributed by atoms with van der Waals surface area (Å²) in [6.07, 6.45) is 2.49. The van der Waals surface area contributed by atoms with Gasteiger partial charge in [0.15, 0.2) is 11.6 Å². The van der Waals surface area contributed by atoms with E-state index in [1.807, 2.05) is 19.0 Å². The lowest BCUT2D eigenvalue weighted by atomic mass is 10.2. The van der Waals surface area contributed by atoms with Crippen molar-refractivity contribution in [2.75, 3.05) is 32.5 Å². The van der Waals surface area contributed by atoms with Crippen LogP contribution >= 0.6 is 11.6 Å². The molecule has 2 aromatic carbocycles. The van der Waals surface area contributed by atoms with E-state index < -0.39 is 47.7 Å². The molecule has 0 aliphatic carbocycles. The number of hydrogen-bond donors (Lipinski definition) is 1. The Morgan fingerprint density at radius 2 is 1.80 bits per heavy atom. The molecule has 0 saturated carbocycles. The summed E-state index contributed by atoms with van der Waals surface area (Å²) >= 11 is 6.44. The first-order chi connectivity index (χ1) is 19.4. The van der Waals surface area contributed by atoms with Gasteiger partial charge in [0, 0.05) is 55.5 Å². The van der Waals surface area contributed by atoms with E-state index in [4.69, 9.17) is 11.6 Å². The Bertz CT molecular complexity index is 1780. The quantitative estimate of drug-likeness (QED) is 0.333. The molecular formula is C27H27ClF3N7O3. The number of nitrogens with zero attached hydrogens (tertiary/aromatic N) is 6. The molecule has 1 fully saturated rings. The molecule has 1 saturated heterocycles. The average Bonchev–Trinajstić information content (AvgIpc) is 3.53. The third-order valence-corrected chi connectivity index (χ3v) is 7.52. The highest BCUT2D eigenvalue weighted by molar-refractivity contribution is 6.34. The number of amides is 1. The molecule has 0 radical (unpaired) electrons. The van der Waals surface area contributed by atoms with Gasteiger partial charge in [0.2, 0.25) is 5.91 Å². The molecule has 1 amide bonds. The predicted octanol–water partition coefficient (Wildman–Crippen LogP) is 2.92. The summed E-state index contributed by atoms with van der Waals surface area (Å²) < 4.78 is 45.5. The summed E-state index contributed by atoms with van der Waals surface area (Å²) in [5.41, 5.74) is -1.15. The highest BCUT2D eigenvalue weighted by Crippen LogP contribution is 2.30. The van der Waals surface area contributed by atoms with Crippen LogP contribution in [0.25, 0.3) is 10.9 Å². The second-order valence-electron chi connectivity index (χ2n) is 10.2. The van der Waals surface area contributed by atoms with Crippen molar-refractivity contribution < 1.29 is 18.0 Å². The molecule has 1 atom stereocenters. The second-order valence-corrected chi connectivity index (χ2v) is 10.7. The fourth-order valence-corrected chi connectivity index (χ4v) is 5.11. The molecule has 216 valence electrons. The van der Waals surface area contributed by atoms with E-state index in [2.05, 4.69) is 10.4 Å². The Kier molecular flexibility index (Phi) is 7.66. The number of carbonyl (C=O) groups is 1. The molecule has 1 unspecified atom stereocenters. The van der Waals surface area contributed by atoms with Crippen molar-refractivity contribution in [1.82, 2.24) is 28.7 Å². The van der Waals surface area contributed by atoms with Crippen molar-refractivity contribution in [2.24, 2.45) is 7.05 Å². The molecule has 4 aromatic rings. The monoisotopic (exact) mass is 589 g/mol. The minimum absolute atomic E-state index is 0.0909. The van der Waals surface area contributed by atoms with Gasteiger partial charge in [0.05, 0.1) is 22.8 Å². The lowest BCUT2D eigenvalue weighted by Crippen LogP contribution is -2.45. The number of anilines is 2. The smallest absolute Gasteiger partial charge is 0.333 e. The molecule has 14 heteroatoms. The van der Waals surface area contributed by atoms with Gasteiger partial charge < -0.3 is 15.1 Å². The zero-order chi connectivity index (χ0) is 29.6. The van der Waals surface area contributed by atoms with Crippen molar-refractivity contribution in [3.05, 3.63) is 85.4 Å². The standard InChI is InChI=1S/C27H27ClF3N7O3/c1-34(2)17-4-5-36(13-17)26(40)14-38-25(39)10-24(32-23-7-16-11-35(3)33-22(16)8-18(23)28)37(27(38)41)12-15-6-20(30)21(31)9-19(15)29/h6-11,17,32H,4-5,12-14H2,1-3H3. The molecule has 2 aromatic heterocycles. The SMILES string of the molecule is CN(C)C1CCN(C(=O)Cn2c(=O)cc(Nc3cc4cn(C)nc4cc3Cl)n(Cc3cc(F)c(F)cc3F)c2=O)C1. The lowest BCUT2D eigenvalue weighted by Gasteiger charge is -2.21. The first-order valence-corrected chi connectivity index (χ1v) is 13.1. The fourth-order valence-electron chi connectivity index (χ4n) is 4.90. The van der Waals surface area contributed by atoms with Crippen molar-refractivity contribution in [3.63, 3.8) is 0 Å². The minimum Gasteiger partial charge on any atom is -0.340 e.